The third-order valence-electron chi connectivity index (χ3n) is 10.8. The molecule has 1 unspecified atom stereocenters. The number of unbranched alkanes of at least 4 members (excludes halogenated alkanes) is 4. The minimum atomic E-state index is -2.18. The van der Waals surface area contributed by atoms with E-state index in [1.807, 2.05) is 0 Å². The summed E-state index contributed by atoms with van der Waals surface area (Å²) in [4.78, 5) is 12.3. The van der Waals surface area contributed by atoms with Crippen LogP contribution in [0.5, 0.6) is 0 Å². The van der Waals surface area contributed by atoms with Crippen LogP contribution in [0.2, 0.25) is 36.3 Å². The van der Waals surface area contributed by atoms with Crippen LogP contribution >= 0.6 is 0 Å². The maximum atomic E-state index is 12.3. The van der Waals surface area contributed by atoms with Gasteiger partial charge >= 0.3 is 5.97 Å². The molecular formula is C41H72O6Si2. The van der Waals surface area contributed by atoms with Gasteiger partial charge in [-0.15, -0.1) is 11.8 Å². The third kappa shape index (κ3) is 15.8. The Labute approximate surface area is 303 Å². The van der Waals surface area contributed by atoms with Gasteiger partial charge in [0, 0.05) is 45.1 Å². The molecule has 1 saturated heterocycles. The summed E-state index contributed by atoms with van der Waals surface area (Å²) in [5.41, 5.74) is 0. The van der Waals surface area contributed by atoms with Crippen molar-refractivity contribution in [2.24, 2.45) is 11.8 Å². The molecule has 6 atom stereocenters. The van der Waals surface area contributed by atoms with Gasteiger partial charge in [-0.25, -0.2) is 0 Å². The Morgan fingerprint density at radius 1 is 0.878 bits per heavy atom. The highest BCUT2D eigenvalue weighted by atomic mass is 28.4. The molecule has 0 aromatic carbocycles. The van der Waals surface area contributed by atoms with E-state index >= 15 is 0 Å². The first-order chi connectivity index (χ1) is 22.9. The molecule has 280 valence electrons. The lowest BCUT2D eigenvalue weighted by atomic mass is 10.0. The summed E-state index contributed by atoms with van der Waals surface area (Å²) < 4.78 is 32.0. The van der Waals surface area contributed by atoms with E-state index in [1.165, 1.54) is 26.2 Å². The summed E-state index contributed by atoms with van der Waals surface area (Å²) >= 11 is 0. The molecule has 1 aliphatic heterocycles. The minimum absolute atomic E-state index is 0.0401. The first kappa shape index (κ1) is 43.8. The van der Waals surface area contributed by atoms with E-state index in [1.54, 1.807) is 0 Å². The fourth-order valence-corrected chi connectivity index (χ4v) is 8.14. The molecule has 0 N–H and O–H groups in total. The lowest BCUT2D eigenvalue weighted by molar-refractivity contribution is -0.162. The number of esters is 1. The van der Waals surface area contributed by atoms with Crippen molar-refractivity contribution in [2.75, 3.05) is 13.2 Å². The number of ether oxygens (including phenoxy) is 3. The molecule has 0 radical (unpaired) electrons. The van der Waals surface area contributed by atoms with Gasteiger partial charge in [-0.3, -0.25) is 4.79 Å². The molecule has 0 spiro atoms. The van der Waals surface area contributed by atoms with Crippen LogP contribution in [-0.2, 0) is 27.9 Å². The lowest BCUT2D eigenvalue weighted by Gasteiger charge is -2.45. The average Bonchev–Trinajstić information content (AvgIpc) is 3.79. The maximum absolute atomic E-state index is 12.3. The van der Waals surface area contributed by atoms with Crippen LogP contribution in [0, 0.1) is 35.5 Å². The van der Waals surface area contributed by atoms with E-state index in [0.29, 0.717) is 19.4 Å². The van der Waals surface area contributed by atoms with Gasteiger partial charge in [-0.1, -0.05) is 85.3 Å². The largest absolute Gasteiger partial charge is 0.461 e. The average molecular weight is 717 g/mol. The van der Waals surface area contributed by atoms with Gasteiger partial charge in [0.15, 0.2) is 22.9 Å². The van der Waals surface area contributed by atoms with Crippen LogP contribution in [0.1, 0.15) is 132 Å². The highest BCUT2D eigenvalue weighted by molar-refractivity contribution is 6.74. The number of rotatable bonds is 18. The molecular weight excluding hydrogens is 645 g/mol. The molecule has 0 aromatic rings. The van der Waals surface area contributed by atoms with Gasteiger partial charge < -0.3 is 23.1 Å². The highest BCUT2D eigenvalue weighted by Crippen LogP contribution is 2.51. The molecule has 6 nitrogen and oxygen atoms in total. The topological polar surface area (TPSA) is 63.2 Å². The van der Waals surface area contributed by atoms with Crippen LogP contribution in [0.25, 0.3) is 0 Å². The van der Waals surface area contributed by atoms with Crippen molar-refractivity contribution in [1.29, 1.82) is 0 Å². The molecule has 2 fully saturated rings. The molecule has 49 heavy (non-hydrogen) atoms. The van der Waals surface area contributed by atoms with Crippen molar-refractivity contribution in [2.45, 2.75) is 193 Å². The predicted molar refractivity (Wildman–Crippen MR) is 208 cm³/mol. The third-order valence-corrected chi connectivity index (χ3v) is 19.7. The summed E-state index contributed by atoms with van der Waals surface area (Å²) in [6.07, 6.45) is 15.3. The maximum Gasteiger partial charge on any atom is 0.302 e. The molecule has 1 saturated carbocycles. The van der Waals surface area contributed by atoms with E-state index in [9.17, 15) is 4.79 Å². The van der Waals surface area contributed by atoms with Crippen LogP contribution in [0.4, 0.5) is 0 Å². The fraction of sp³-hybridized carbons (Fsp3) is 0.829. The van der Waals surface area contributed by atoms with Gasteiger partial charge in [0.05, 0.1) is 18.8 Å². The van der Waals surface area contributed by atoms with Gasteiger partial charge in [-0.2, -0.15) is 0 Å². The second-order valence-electron chi connectivity index (χ2n) is 17.2. The fourth-order valence-electron chi connectivity index (χ4n) is 5.55. The Bertz CT molecular complexity index is 1140. The van der Waals surface area contributed by atoms with Crippen LogP contribution < -0.4 is 0 Å². The second kappa shape index (κ2) is 20.6. The Kier molecular flexibility index (Phi) is 18.4. The van der Waals surface area contributed by atoms with Crippen LogP contribution in [0.3, 0.4) is 0 Å². The molecule has 1 aliphatic carbocycles. The van der Waals surface area contributed by atoms with Gasteiger partial charge in [0.1, 0.15) is 6.10 Å². The Hall–Kier alpha value is -1.40. The molecule has 0 bridgehead atoms. The summed E-state index contributed by atoms with van der Waals surface area (Å²) in [7, 11) is -4.35. The Morgan fingerprint density at radius 3 is 2.14 bits per heavy atom. The molecule has 0 amide bonds. The standard InChI is InChI=1S/C41H72O6Si2/c1-13-14-15-16-17-18-19-23-28-37(46-48(9,10)40(3,4)5)39(47-49(11,12)41(6,7)8)35-32-34(35)36(45-33(2)42)27-22-20-21-25-30-43-38-29-24-26-31-44-38/h23,28,34-39H,13-16,19,21,24-27,29-32H2,1-12H3/b28-23+/t34-,35-,36-,37-,38?,39-/m1/s1. The number of carbonyl (C=O) groups excluding carboxylic acids is 1. The summed E-state index contributed by atoms with van der Waals surface area (Å²) in [5.74, 6) is 13.5. The van der Waals surface area contributed by atoms with Crippen molar-refractivity contribution < 1.29 is 27.9 Å². The summed E-state index contributed by atoms with van der Waals surface area (Å²) in [6, 6.07) is 0. The zero-order valence-electron chi connectivity index (χ0n) is 33.5. The van der Waals surface area contributed by atoms with Crippen molar-refractivity contribution in [3.63, 3.8) is 0 Å². The number of hydrogen-bond donors (Lipinski definition) is 0. The Morgan fingerprint density at radius 2 is 1.53 bits per heavy atom. The second-order valence-corrected chi connectivity index (χ2v) is 26.7. The van der Waals surface area contributed by atoms with Crippen molar-refractivity contribution in [1.82, 2.24) is 0 Å². The SMILES string of the molecule is CCCCCC#CC/C=C/[C@@H](O[Si](C)(C)C(C)(C)C)[C@H](O[Si](C)(C)C(C)(C)C)[C@@H]1C[C@H]1[C@@H](CC#CCCCOC1CCCCO1)OC(C)=O. The van der Waals surface area contributed by atoms with Crippen molar-refractivity contribution in [3.8, 4) is 23.7 Å². The highest BCUT2D eigenvalue weighted by Gasteiger charge is 2.55. The van der Waals surface area contributed by atoms with E-state index in [2.05, 4.69) is 110 Å². The van der Waals surface area contributed by atoms with E-state index < -0.39 is 16.6 Å². The Balaban J connectivity index is 2.26. The number of hydrogen-bond acceptors (Lipinski definition) is 6. The van der Waals surface area contributed by atoms with Crippen molar-refractivity contribution in [3.05, 3.63) is 12.2 Å². The van der Waals surface area contributed by atoms with Gasteiger partial charge in [0.25, 0.3) is 0 Å². The van der Waals surface area contributed by atoms with Crippen molar-refractivity contribution >= 4 is 22.6 Å². The smallest absolute Gasteiger partial charge is 0.302 e. The zero-order chi connectivity index (χ0) is 36.7. The van der Waals surface area contributed by atoms with Gasteiger partial charge in [0.2, 0.25) is 0 Å². The minimum Gasteiger partial charge on any atom is -0.461 e. The number of allylic oxidation sites excluding steroid dienone is 1. The van der Waals surface area contributed by atoms with E-state index in [4.69, 9.17) is 23.1 Å². The van der Waals surface area contributed by atoms with E-state index in [-0.39, 0.29) is 52.5 Å². The molecule has 2 rings (SSSR count). The predicted octanol–water partition coefficient (Wildman–Crippen LogP) is 10.6. The molecule has 1 heterocycles. The molecule has 2 aliphatic rings. The van der Waals surface area contributed by atoms with Gasteiger partial charge in [-0.05, 0) is 80.7 Å². The monoisotopic (exact) mass is 716 g/mol. The summed E-state index contributed by atoms with van der Waals surface area (Å²) in [5, 5.41) is 0.0887. The normalized spacial score (nSPS) is 22.0. The summed E-state index contributed by atoms with van der Waals surface area (Å²) in [6.45, 7) is 28.2. The van der Waals surface area contributed by atoms with E-state index in [0.717, 1.165) is 51.6 Å². The number of carbonyl (C=O) groups is 1. The quantitative estimate of drug-likeness (QED) is 0.0463. The molecule has 8 heteroatoms. The lowest BCUT2D eigenvalue weighted by Crippen LogP contribution is -2.52. The van der Waals surface area contributed by atoms with Crippen LogP contribution in [0.15, 0.2) is 12.2 Å². The first-order valence-electron chi connectivity index (χ1n) is 19.2. The zero-order valence-corrected chi connectivity index (χ0v) is 35.5. The van der Waals surface area contributed by atoms with Crippen LogP contribution in [-0.4, -0.2) is 60.4 Å². The first-order valence-corrected chi connectivity index (χ1v) is 25.1. The molecule has 0 aromatic heterocycles.